The standard InChI is InChI=1S/C18H22F4O2/c1-3-9-15-10-11-16(23-12-15,24-18(21,22)17(15,19)20)14-7-5-13(4-2)6-8-14/h5-8H,3-4,9-12H2,1-2H3. The number of halogens is 4. The first-order valence-corrected chi connectivity index (χ1v) is 8.41. The first kappa shape index (κ1) is 17.7. The Morgan fingerprint density at radius 2 is 1.67 bits per heavy atom. The van der Waals surface area contributed by atoms with Gasteiger partial charge in [-0.25, -0.2) is 0 Å². The molecule has 2 unspecified atom stereocenters. The number of rotatable bonds is 4. The zero-order chi connectivity index (χ0) is 17.6. The minimum absolute atomic E-state index is 0.0103. The van der Waals surface area contributed by atoms with Crippen molar-refractivity contribution in [1.82, 2.24) is 0 Å². The van der Waals surface area contributed by atoms with Crippen LogP contribution in [0.3, 0.4) is 0 Å². The predicted molar refractivity (Wildman–Crippen MR) is 81.0 cm³/mol. The number of hydrogen-bond acceptors (Lipinski definition) is 2. The Bertz CT molecular complexity index is 590. The van der Waals surface area contributed by atoms with Crippen LogP contribution in [0.5, 0.6) is 0 Å². The lowest BCUT2D eigenvalue weighted by Crippen LogP contribution is -2.54. The van der Waals surface area contributed by atoms with Crippen LogP contribution in [0.15, 0.2) is 24.3 Å². The number of fused-ring (bicyclic) bond motifs is 4. The highest BCUT2D eigenvalue weighted by molar-refractivity contribution is 5.27. The summed E-state index contributed by atoms with van der Waals surface area (Å²) in [7, 11) is 0. The van der Waals surface area contributed by atoms with E-state index in [9.17, 15) is 17.6 Å². The maximum absolute atomic E-state index is 14.6. The van der Waals surface area contributed by atoms with E-state index in [4.69, 9.17) is 9.47 Å². The molecule has 3 aliphatic rings. The van der Waals surface area contributed by atoms with Crippen LogP contribution in [0.1, 0.15) is 50.7 Å². The van der Waals surface area contributed by atoms with Gasteiger partial charge in [0.1, 0.15) is 0 Å². The summed E-state index contributed by atoms with van der Waals surface area (Å²) in [5.41, 5.74) is -0.492. The van der Waals surface area contributed by atoms with E-state index in [2.05, 4.69) is 0 Å². The number of aryl methyl sites for hydroxylation is 1. The zero-order valence-corrected chi connectivity index (χ0v) is 13.9. The van der Waals surface area contributed by atoms with Gasteiger partial charge >= 0.3 is 12.0 Å². The molecule has 134 valence electrons. The Kier molecular flexibility index (Phi) is 4.20. The molecule has 4 rings (SSSR count). The minimum atomic E-state index is -4.57. The lowest BCUT2D eigenvalue weighted by Gasteiger charge is -2.43. The van der Waals surface area contributed by atoms with Crippen LogP contribution in [0.4, 0.5) is 17.6 Å². The van der Waals surface area contributed by atoms with Gasteiger partial charge in [-0.05, 0) is 24.8 Å². The van der Waals surface area contributed by atoms with Crippen molar-refractivity contribution in [2.75, 3.05) is 6.61 Å². The van der Waals surface area contributed by atoms with Gasteiger partial charge in [-0.1, -0.05) is 44.5 Å². The first-order chi connectivity index (χ1) is 11.2. The van der Waals surface area contributed by atoms with Crippen LogP contribution in [0.2, 0.25) is 0 Å². The predicted octanol–water partition coefficient (Wildman–Crippen LogP) is 5.26. The molecule has 2 nitrogen and oxygen atoms in total. The summed E-state index contributed by atoms with van der Waals surface area (Å²) >= 11 is 0. The van der Waals surface area contributed by atoms with Gasteiger partial charge in [0.2, 0.25) is 5.79 Å². The molecule has 6 heteroatoms. The highest BCUT2D eigenvalue weighted by Crippen LogP contribution is 2.62. The topological polar surface area (TPSA) is 18.5 Å². The van der Waals surface area contributed by atoms with E-state index in [1.807, 2.05) is 6.92 Å². The van der Waals surface area contributed by atoms with E-state index in [0.29, 0.717) is 12.0 Å². The monoisotopic (exact) mass is 346 g/mol. The van der Waals surface area contributed by atoms with Gasteiger partial charge in [0, 0.05) is 12.0 Å². The molecule has 0 N–H and O–H groups in total. The lowest BCUT2D eigenvalue weighted by molar-refractivity contribution is -0.409. The molecule has 3 aliphatic heterocycles. The average Bonchev–Trinajstić information content (AvgIpc) is 2.66. The van der Waals surface area contributed by atoms with Gasteiger partial charge in [0.15, 0.2) is 0 Å². The van der Waals surface area contributed by atoms with Crippen molar-refractivity contribution in [3.8, 4) is 0 Å². The van der Waals surface area contributed by atoms with E-state index >= 15 is 0 Å². The molecule has 0 aromatic heterocycles. The molecule has 1 aromatic carbocycles. The zero-order valence-electron chi connectivity index (χ0n) is 13.9. The number of ether oxygens (including phenoxy) is 2. The Hall–Kier alpha value is -1.14. The van der Waals surface area contributed by atoms with Crippen molar-refractivity contribution < 1.29 is 27.0 Å². The van der Waals surface area contributed by atoms with Gasteiger partial charge in [0.25, 0.3) is 0 Å². The molecular formula is C18H22F4O2. The Labute approximate surface area is 139 Å². The average molecular weight is 346 g/mol. The third kappa shape index (κ3) is 2.37. The van der Waals surface area contributed by atoms with Crippen LogP contribution in [-0.4, -0.2) is 18.6 Å². The van der Waals surface area contributed by atoms with E-state index < -0.39 is 29.8 Å². The van der Waals surface area contributed by atoms with Gasteiger partial charge < -0.3 is 4.74 Å². The van der Waals surface area contributed by atoms with Gasteiger partial charge in [-0.15, -0.1) is 0 Å². The Morgan fingerprint density at radius 3 is 2.17 bits per heavy atom. The highest BCUT2D eigenvalue weighted by atomic mass is 19.3. The molecule has 24 heavy (non-hydrogen) atoms. The quantitative estimate of drug-likeness (QED) is 0.693. The van der Waals surface area contributed by atoms with E-state index in [0.717, 1.165) is 12.0 Å². The molecule has 2 atom stereocenters. The summed E-state index contributed by atoms with van der Waals surface area (Å²) in [6, 6.07) is 6.83. The fourth-order valence-corrected chi connectivity index (χ4v) is 3.82. The number of benzene rings is 1. The van der Waals surface area contributed by atoms with Crippen LogP contribution >= 0.6 is 0 Å². The Balaban J connectivity index is 2.04. The van der Waals surface area contributed by atoms with Crippen LogP contribution in [0.25, 0.3) is 0 Å². The SMILES string of the molecule is CCCC12CCC(c3ccc(CC)cc3)(OC1)OC(F)(F)C2(F)F. The molecule has 0 radical (unpaired) electrons. The van der Waals surface area contributed by atoms with Crippen molar-refractivity contribution in [3.05, 3.63) is 35.4 Å². The highest BCUT2D eigenvalue weighted by Gasteiger charge is 2.76. The smallest absolute Gasteiger partial charge is 0.345 e. The molecule has 3 saturated heterocycles. The molecular weight excluding hydrogens is 324 g/mol. The summed E-state index contributed by atoms with van der Waals surface area (Å²) in [6.45, 7) is 3.25. The summed E-state index contributed by atoms with van der Waals surface area (Å²) in [5, 5.41) is 0. The second-order valence-corrected chi connectivity index (χ2v) is 6.82. The summed E-state index contributed by atoms with van der Waals surface area (Å²) in [6.07, 6.45) is -3.49. The van der Waals surface area contributed by atoms with Crippen LogP contribution in [-0.2, 0) is 21.7 Å². The lowest BCUT2D eigenvalue weighted by atomic mass is 9.72. The number of alkyl halides is 4. The maximum Gasteiger partial charge on any atom is 0.422 e. The van der Waals surface area contributed by atoms with Gasteiger partial charge in [0.05, 0.1) is 12.0 Å². The Morgan fingerprint density at radius 1 is 1.00 bits per heavy atom. The van der Waals surface area contributed by atoms with Crippen molar-refractivity contribution in [1.29, 1.82) is 0 Å². The van der Waals surface area contributed by atoms with Gasteiger partial charge in [-0.2, -0.15) is 17.6 Å². The second kappa shape index (κ2) is 5.70. The fraction of sp³-hybridized carbons (Fsp3) is 0.667. The summed E-state index contributed by atoms with van der Waals surface area (Å²) in [5.74, 6) is -6.08. The van der Waals surface area contributed by atoms with Crippen molar-refractivity contribution in [2.24, 2.45) is 5.41 Å². The van der Waals surface area contributed by atoms with Crippen molar-refractivity contribution in [2.45, 2.75) is 63.8 Å². The first-order valence-electron chi connectivity index (χ1n) is 8.41. The fourth-order valence-electron chi connectivity index (χ4n) is 3.82. The molecule has 0 saturated carbocycles. The van der Waals surface area contributed by atoms with Crippen molar-refractivity contribution in [3.63, 3.8) is 0 Å². The molecule has 1 aromatic rings. The van der Waals surface area contributed by atoms with E-state index in [1.165, 1.54) is 0 Å². The molecule has 0 spiro atoms. The van der Waals surface area contributed by atoms with Crippen LogP contribution < -0.4 is 0 Å². The number of hydrogen-bond donors (Lipinski definition) is 0. The molecule has 3 fully saturated rings. The minimum Gasteiger partial charge on any atom is -0.345 e. The second-order valence-electron chi connectivity index (χ2n) is 6.82. The third-order valence-corrected chi connectivity index (χ3v) is 5.37. The normalized spacial score (nSPS) is 34.1. The molecule has 3 heterocycles. The molecule has 0 aliphatic carbocycles. The third-order valence-electron chi connectivity index (χ3n) is 5.37. The summed E-state index contributed by atoms with van der Waals surface area (Å²) in [4.78, 5) is 0. The van der Waals surface area contributed by atoms with E-state index in [1.54, 1.807) is 31.2 Å². The maximum atomic E-state index is 14.6. The van der Waals surface area contributed by atoms with Gasteiger partial charge in [-0.3, -0.25) is 4.74 Å². The van der Waals surface area contributed by atoms with E-state index in [-0.39, 0.29) is 19.3 Å². The summed E-state index contributed by atoms with van der Waals surface area (Å²) < 4.78 is 68.3. The largest absolute Gasteiger partial charge is 0.422 e. The van der Waals surface area contributed by atoms with Crippen LogP contribution in [0, 0.1) is 5.41 Å². The molecule has 0 amide bonds. The molecule has 2 bridgehead atoms. The van der Waals surface area contributed by atoms with Crippen molar-refractivity contribution >= 4 is 0 Å².